The third-order valence-electron chi connectivity index (χ3n) is 3.05. The summed E-state index contributed by atoms with van der Waals surface area (Å²) in [5, 5.41) is 0. The Hall–Kier alpha value is -1.04. The quantitative estimate of drug-likeness (QED) is 0.697. The van der Waals surface area contributed by atoms with Crippen LogP contribution < -0.4 is 9.64 Å². The van der Waals surface area contributed by atoms with Crippen molar-refractivity contribution in [3.63, 3.8) is 0 Å². The van der Waals surface area contributed by atoms with Crippen molar-refractivity contribution in [1.29, 1.82) is 0 Å². The fourth-order valence-corrected chi connectivity index (χ4v) is 1.90. The van der Waals surface area contributed by atoms with E-state index >= 15 is 0 Å². The van der Waals surface area contributed by atoms with E-state index in [-0.39, 0.29) is 32.7 Å². The maximum absolute atomic E-state index is 5.66. The zero-order chi connectivity index (χ0) is 15.1. The van der Waals surface area contributed by atoms with E-state index in [2.05, 4.69) is 27.9 Å². The topological polar surface area (TPSA) is 47.5 Å². The van der Waals surface area contributed by atoms with Crippen molar-refractivity contribution < 1.29 is 42.2 Å². The molecule has 0 bridgehead atoms. The number of aryl methyl sites for hydroxylation is 1. The van der Waals surface area contributed by atoms with E-state index in [1.807, 2.05) is 19.1 Å². The van der Waals surface area contributed by atoms with Crippen LogP contribution in [-0.4, -0.2) is 36.8 Å². The smallest absolute Gasteiger partial charge is 0.209 e. The first-order valence-electron chi connectivity index (χ1n) is 6.95. The van der Waals surface area contributed by atoms with E-state index in [0.717, 1.165) is 24.3 Å². The third kappa shape index (κ3) is 5.63. The number of rotatable bonds is 7. The van der Waals surface area contributed by atoms with Gasteiger partial charge in [0, 0.05) is 70.9 Å². The van der Waals surface area contributed by atoms with Crippen molar-refractivity contribution in [2.24, 2.45) is 0 Å². The fraction of sp³-hybridized carbons (Fsp3) is 0.375. The number of aromatic nitrogens is 2. The summed E-state index contributed by atoms with van der Waals surface area (Å²) < 4.78 is 10.8. The normalized spacial score (nSPS) is 9.95. The minimum Gasteiger partial charge on any atom is -0.484 e. The van der Waals surface area contributed by atoms with Crippen LogP contribution in [0.3, 0.4) is 0 Å². The first-order valence-corrected chi connectivity index (χ1v) is 6.95. The van der Waals surface area contributed by atoms with Gasteiger partial charge in [-0.3, -0.25) is 0 Å². The number of nitrogens with zero attached hydrogens (tertiary/aromatic N) is 3. The molecule has 0 N–H and O–H groups in total. The molecule has 2 aromatic rings. The number of ether oxygens (including phenoxy) is 2. The van der Waals surface area contributed by atoms with Gasteiger partial charge < -0.3 is 19.4 Å². The van der Waals surface area contributed by atoms with E-state index in [4.69, 9.17) is 9.47 Å². The van der Waals surface area contributed by atoms with Gasteiger partial charge in [-0.05, 0) is 13.0 Å². The van der Waals surface area contributed by atoms with E-state index in [1.54, 1.807) is 25.6 Å². The zero-order valence-electron chi connectivity index (χ0n) is 13.2. The largest absolute Gasteiger partial charge is 0.484 e. The summed E-state index contributed by atoms with van der Waals surface area (Å²) in [6.45, 7) is 6.44. The van der Waals surface area contributed by atoms with E-state index in [1.165, 1.54) is 0 Å². The second kappa shape index (κ2) is 9.87. The number of anilines is 1. The molecule has 0 fully saturated rings. The Kier molecular flexibility index (Phi) is 8.53. The maximum atomic E-state index is 5.66. The molecule has 1 radical (unpaired) electrons. The fourth-order valence-electron chi connectivity index (χ4n) is 1.90. The van der Waals surface area contributed by atoms with Crippen molar-refractivity contribution in [3.05, 3.63) is 42.2 Å². The van der Waals surface area contributed by atoms with Crippen LogP contribution in [0.4, 0.5) is 5.69 Å². The molecule has 2 aromatic heterocycles. The second-order valence-corrected chi connectivity index (χ2v) is 4.59. The minimum absolute atomic E-state index is 0. The van der Waals surface area contributed by atoms with Gasteiger partial charge in [0.15, 0.2) is 0 Å². The molecule has 0 aromatic carbocycles. The van der Waals surface area contributed by atoms with Crippen LogP contribution in [0.1, 0.15) is 12.5 Å². The molecule has 0 aliphatic heterocycles. The summed E-state index contributed by atoms with van der Waals surface area (Å²) in [5.41, 5.74) is 2.02. The third-order valence-corrected chi connectivity index (χ3v) is 3.05. The number of hydrogen-bond acceptors (Lipinski definition) is 5. The van der Waals surface area contributed by atoms with Crippen molar-refractivity contribution >= 4 is 5.69 Å². The van der Waals surface area contributed by atoms with Gasteiger partial charge in [0.2, 0.25) is 5.88 Å². The van der Waals surface area contributed by atoms with Crippen LogP contribution in [0, 0.1) is 13.0 Å². The Morgan fingerprint density at radius 3 is 2.73 bits per heavy atom. The van der Waals surface area contributed by atoms with Crippen molar-refractivity contribution in [2.45, 2.75) is 13.8 Å². The molecule has 0 aliphatic rings. The van der Waals surface area contributed by atoms with Crippen LogP contribution in [0.25, 0.3) is 0 Å². The summed E-state index contributed by atoms with van der Waals surface area (Å²) in [5.74, 6) is 1.01. The number of methoxy groups -OCH3 is 1. The first-order chi connectivity index (χ1) is 10.2. The second-order valence-electron chi connectivity index (χ2n) is 4.59. The summed E-state index contributed by atoms with van der Waals surface area (Å²) in [4.78, 5) is 10.6. The van der Waals surface area contributed by atoms with Crippen LogP contribution in [0.15, 0.2) is 30.6 Å². The Morgan fingerprint density at radius 2 is 2.09 bits per heavy atom. The Morgan fingerprint density at radius 1 is 1.27 bits per heavy atom. The molecule has 0 atom stereocenters. The van der Waals surface area contributed by atoms with Gasteiger partial charge in [0.25, 0.3) is 0 Å². The molecule has 0 aliphatic carbocycles. The molecule has 0 unspecified atom stereocenters. The maximum Gasteiger partial charge on any atom is 0.209 e. The van der Waals surface area contributed by atoms with Crippen molar-refractivity contribution in [1.82, 2.24) is 9.97 Å². The van der Waals surface area contributed by atoms with Crippen LogP contribution in [-0.2, 0) is 37.4 Å². The molecule has 0 saturated carbocycles. The monoisotopic (exact) mass is 375 g/mol. The molecule has 115 valence electrons. The van der Waals surface area contributed by atoms with Gasteiger partial charge in [-0.25, -0.2) is 4.98 Å². The molecule has 0 saturated heterocycles. The van der Waals surface area contributed by atoms with Crippen LogP contribution in [0.2, 0.25) is 0 Å². The Labute approximate surface area is 156 Å². The summed E-state index contributed by atoms with van der Waals surface area (Å²) in [6.07, 6.45) is 3.45. The molecule has 0 spiro atoms. The molecule has 0 amide bonds. The van der Waals surface area contributed by atoms with E-state index in [9.17, 15) is 0 Å². The van der Waals surface area contributed by atoms with Gasteiger partial charge in [0.1, 0.15) is 5.88 Å². The number of hydrogen-bond donors (Lipinski definition) is 0. The summed E-state index contributed by atoms with van der Waals surface area (Å²) in [7, 11) is 1.70. The van der Waals surface area contributed by atoms with Crippen LogP contribution in [0.5, 0.6) is 11.8 Å². The van der Waals surface area contributed by atoms with Gasteiger partial charge in [0.05, 0.1) is 6.61 Å². The van der Waals surface area contributed by atoms with E-state index in [0.29, 0.717) is 18.4 Å². The van der Waals surface area contributed by atoms with Gasteiger partial charge >= 0.3 is 0 Å². The molecular weight excluding hydrogens is 355 g/mol. The molecule has 2 rings (SSSR count). The predicted molar refractivity (Wildman–Crippen MR) is 81.9 cm³/mol. The average Bonchev–Trinajstić information content (AvgIpc) is 2.51. The molecule has 5 nitrogen and oxygen atoms in total. The standard InChI is InChI=1S/C16H20N3O2.Y/c1-4-19(9-10-20-3)14-7-8-17-16(11-14)21-15-6-5-13(2)12-18-15;/h6-8,11-12H,4,9-10H2,1-3H3;/q-1;. The van der Waals surface area contributed by atoms with Gasteiger partial charge in [-0.2, -0.15) is 6.07 Å². The Bertz CT molecular complexity index is 564. The van der Waals surface area contributed by atoms with Crippen molar-refractivity contribution in [2.75, 3.05) is 31.7 Å². The summed E-state index contributed by atoms with van der Waals surface area (Å²) >= 11 is 0. The molecular formula is C16H20N3O2Y-. The summed E-state index contributed by atoms with van der Waals surface area (Å²) in [6, 6.07) is 8.63. The zero-order valence-corrected chi connectivity index (χ0v) is 16.1. The molecule has 22 heavy (non-hydrogen) atoms. The molecule has 2 heterocycles. The van der Waals surface area contributed by atoms with E-state index < -0.39 is 0 Å². The number of pyridine rings is 2. The Balaban J connectivity index is 0.00000242. The predicted octanol–water partition coefficient (Wildman–Crippen LogP) is 2.85. The minimum atomic E-state index is 0. The first kappa shape index (κ1) is 19.0. The average molecular weight is 375 g/mol. The number of likely N-dealkylation sites (N-methyl/N-ethyl adjacent to an activating group) is 1. The SMILES string of the molecule is CCN(CCOC)c1ccnc(Oc2c[c-]c(C)cn2)c1.[Y]. The van der Waals surface area contributed by atoms with Gasteiger partial charge in [-0.1, -0.05) is 13.1 Å². The van der Waals surface area contributed by atoms with Gasteiger partial charge in [-0.15, -0.1) is 11.6 Å². The molecule has 6 heteroatoms. The van der Waals surface area contributed by atoms with Crippen molar-refractivity contribution in [3.8, 4) is 11.8 Å². The van der Waals surface area contributed by atoms with Crippen LogP contribution >= 0.6 is 0 Å².